The molecular formula is C31H40N4O10S. The van der Waals surface area contributed by atoms with E-state index in [4.69, 9.17) is 18.9 Å². The Labute approximate surface area is 271 Å². The zero-order valence-corrected chi connectivity index (χ0v) is 27.5. The summed E-state index contributed by atoms with van der Waals surface area (Å²) in [7, 11) is 0. The number of nitrogens with zero attached hydrogens (tertiary/aromatic N) is 1. The van der Waals surface area contributed by atoms with Gasteiger partial charge in [0.15, 0.2) is 6.73 Å². The van der Waals surface area contributed by atoms with Crippen LogP contribution >= 0.6 is 11.8 Å². The molecule has 4 amide bonds. The van der Waals surface area contributed by atoms with Crippen LogP contribution in [0, 0.1) is 5.92 Å². The second-order valence-corrected chi connectivity index (χ2v) is 13.2. The molecule has 1 saturated heterocycles. The number of ether oxygens (including phenoxy) is 4. The molecular weight excluding hydrogens is 620 g/mol. The number of benzene rings is 1. The Balaban J connectivity index is 1.52. The normalized spacial score (nSPS) is 19.8. The van der Waals surface area contributed by atoms with Crippen molar-refractivity contribution in [1.82, 2.24) is 20.9 Å². The lowest BCUT2D eigenvalue weighted by Crippen LogP contribution is -2.71. The first-order chi connectivity index (χ1) is 21.7. The lowest BCUT2D eigenvalue weighted by atomic mass is 9.99. The van der Waals surface area contributed by atoms with E-state index in [2.05, 4.69) is 16.0 Å². The molecule has 46 heavy (non-hydrogen) atoms. The van der Waals surface area contributed by atoms with Crippen LogP contribution < -0.4 is 20.7 Å². The third kappa shape index (κ3) is 8.11. The number of amides is 4. The van der Waals surface area contributed by atoms with Crippen molar-refractivity contribution in [3.63, 3.8) is 0 Å². The number of esters is 2. The number of rotatable bonds is 11. The van der Waals surface area contributed by atoms with Gasteiger partial charge in [-0.25, -0.2) is 9.59 Å². The number of carbonyl (C=O) groups is 6. The predicted octanol–water partition coefficient (Wildman–Crippen LogP) is 2.07. The van der Waals surface area contributed by atoms with Gasteiger partial charge < -0.3 is 34.9 Å². The Morgan fingerprint density at radius 1 is 1.13 bits per heavy atom. The maximum Gasteiger partial charge on any atom is 0.408 e. The van der Waals surface area contributed by atoms with Gasteiger partial charge in [-0.15, -0.1) is 11.8 Å². The molecule has 3 N–H and O–H groups in total. The van der Waals surface area contributed by atoms with Crippen molar-refractivity contribution in [2.24, 2.45) is 5.92 Å². The minimum absolute atomic E-state index is 0.111. The summed E-state index contributed by atoms with van der Waals surface area (Å²) in [5.41, 5.74) is 0.764. The highest BCUT2D eigenvalue weighted by molar-refractivity contribution is 8.00. The maximum atomic E-state index is 13.7. The van der Waals surface area contributed by atoms with E-state index in [0.29, 0.717) is 36.3 Å². The minimum atomic E-state index is -1.20. The summed E-state index contributed by atoms with van der Waals surface area (Å²) in [5, 5.41) is 7.18. The van der Waals surface area contributed by atoms with Gasteiger partial charge >= 0.3 is 18.0 Å². The summed E-state index contributed by atoms with van der Waals surface area (Å²) in [6.45, 7) is 9.73. The van der Waals surface area contributed by atoms with Crippen molar-refractivity contribution in [1.29, 1.82) is 0 Å². The number of alkyl carbamates (subject to hydrolysis) is 1. The van der Waals surface area contributed by atoms with Gasteiger partial charge in [0.1, 0.15) is 41.1 Å². The van der Waals surface area contributed by atoms with Crippen molar-refractivity contribution >= 4 is 47.5 Å². The smallest absolute Gasteiger partial charge is 0.408 e. The van der Waals surface area contributed by atoms with Gasteiger partial charge in [0, 0.05) is 30.6 Å². The third-order valence-electron chi connectivity index (χ3n) is 7.47. The van der Waals surface area contributed by atoms with E-state index in [9.17, 15) is 28.8 Å². The Morgan fingerprint density at radius 3 is 2.54 bits per heavy atom. The van der Waals surface area contributed by atoms with E-state index in [1.54, 1.807) is 45.9 Å². The average Bonchev–Trinajstić information content (AvgIpc) is 3.47. The molecule has 0 bridgehead atoms. The fraction of sp³-hybridized carbons (Fsp3) is 0.548. The summed E-state index contributed by atoms with van der Waals surface area (Å²) in [5.74, 6) is -2.41. The number of fused-ring (bicyclic) bond motifs is 2. The van der Waals surface area contributed by atoms with Crippen LogP contribution in [0.25, 0.3) is 0 Å². The van der Waals surface area contributed by atoms with E-state index in [1.807, 2.05) is 6.92 Å². The van der Waals surface area contributed by atoms with Gasteiger partial charge in [-0.3, -0.25) is 24.1 Å². The number of β-lactam (4-membered cyclic amide) rings is 1. The topological polar surface area (TPSA) is 179 Å². The van der Waals surface area contributed by atoms with Crippen LogP contribution in [0.5, 0.6) is 5.75 Å². The van der Waals surface area contributed by atoms with Crippen molar-refractivity contribution in [2.75, 3.05) is 25.7 Å². The fourth-order valence-corrected chi connectivity index (χ4v) is 6.25. The number of thioether (sulfide) groups is 1. The molecule has 3 aliphatic rings. The fourth-order valence-electron chi connectivity index (χ4n) is 4.92. The molecule has 0 aromatic heterocycles. The minimum Gasteiger partial charge on any atom is -0.493 e. The number of nitrogens with one attached hydrogen (secondary N) is 3. The van der Waals surface area contributed by atoms with Gasteiger partial charge in [-0.1, -0.05) is 19.9 Å². The molecule has 3 aliphatic heterocycles. The molecule has 3 heterocycles. The van der Waals surface area contributed by atoms with Gasteiger partial charge in [0.25, 0.3) is 5.91 Å². The zero-order chi connectivity index (χ0) is 33.8. The number of carbonyl (C=O) groups excluding carboxylic acids is 6. The van der Waals surface area contributed by atoms with E-state index in [1.165, 1.54) is 23.6 Å². The van der Waals surface area contributed by atoms with Crippen LogP contribution in [-0.4, -0.2) is 83.4 Å². The molecule has 1 fully saturated rings. The van der Waals surface area contributed by atoms with Crippen LogP contribution in [0.2, 0.25) is 0 Å². The first kappa shape index (κ1) is 34.6. The standard InChI is InChI=1S/C31H40N4O10S/c1-7-16(2)25(37)32-15-44-29(40)24-20(13-43-17(3)36)14-46-28-23(27(39)35(24)28)33-26(38)22(34-30(41)45-31(4,5)6)19-8-9-21-18(12-19)10-11-42-21/h8-9,12,16,22-23,28H,7,10-11,13-15H2,1-6H3,(H,32,37)(H,33,38)(H,34,41). The SMILES string of the molecule is CCC(C)C(=O)NCOC(=O)C1=C(COC(C)=O)CSC2C(NC(=O)C(NC(=O)OC(C)(C)C)c3ccc4c(c3)CCO4)C(=O)N12. The van der Waals surface area contributed by atoms with Crippen LogP contribution in [-0.2, 0) is 44.6 Å². The molecule has 14 nitrogen and oxygen atoms in total. The van der Waals surface area contributed by atoms with E-state index in [-0.39, 0.29) is 29.9 Å². The summed E-state index contributed by atoms with van der Waals surface area (Å²) in [4.78, 5) is 78.0. The highest BCUT2D eigenvalue weighted by Crippen LogP contribution is 2.41. The van der Waals surface area contributed by atoms with Crippen molar-refractivity contribution in [3.8, 4) is 5.75 Å². The Morgan fingerprint density at radius 2 is 1.87 bits per heavy atom. The summed E-state index contributed by atoms with van der Waals surface area (Å²) < 4.78 is 21.4. The predicted molar refractivity (Wildman–Crippen MR) is 165 cm³/mol. The highest BCUT2D eigenvalue weighted by atomic mass is 32.2. The molecule has 0 spiro atoms. The van der Waals surface area contributed by atoms with Crippen LogP contribution in [0.3, 0.4) is 0 Å². The van der Waals surface area contributed by atoms with Gasteiger partial charge in [0.05, 0.1) is 6.61 Å². The summed E-state index contributed by atoms with van der Waals surface area (Å²) >= 11 is 1.26. The van der Waals surface area contributed by atoms with Crippen LogP contribution in [0.15, 0.2) is 29.5 Å². The lowest BCUT2D eigenvalue weighted by Gasteiger charge is -2.49. The first-order valence-corrected chi connectivity index (χ1v) is 16.1. The number of hydrogen-bond acceptors (Lipinski definition) is 11. The van der Waals surface area contributed by atoms with E-state index >= 15 is 0 Å². The molecule has 4 atom stereocenters. The van der Waals surface area contributed by atoms with Gasteiger partial charge in [0.2, 0.25) is 11.8 Å². The molecule has 0 saturated carbocycles. The molecule has 1 aromatic carbocycles. The molecule has 15 heteroatoms. The van der Waals surface area contributed by atoms with Crippen molar-refractivity contribution in [3.05, 3.63) is 40.6 Å². The molecule has 1 aromatic rings. The monoisotopic (exact) mass is 660 g/mol. The Bertz CT molecular complexity index is 1440. The second-order valence-electron chi connectivity index (χ2n) is 12.1. The molecule has 0 radical (unpaired) electrons. The van der Waals surface area contributed by atoms with E-state index < -0.39 is 59.6 Å². The summed E-state index contributed by atoms with van der Waals surface area (Å²) in [6, 6.07) is 2.91. The number of hydrogen-bond donors (Lipinski definition) is 3. The molecule has 0 aliphatic carbocycles. The Kier molecular flexibility index (Phi) is 10.9. The second kappa shape index (κ2) is 14.4. The van der Waals surface area contributed by atoms with Crippen LogP contribution in [0.4, 0.5) is 4.79 Å². The lowest BCUT2D eigenvalue weighted by molar-refractivity contribution is -0.154. The molecule has 250 valence electrons. The van der Waals surface area contributed by atoms with Gasteiger partial charge in [-0.05, 0) is 50.5 Å². The first-order valence-electron chi connectivity index (χ1n) is 15.0. The zero-order valence-electron chi connectivity index (χ0n) is 26.7. The van der Waals surface area contributed by atoms with Gasteiger partial charge in [-0.2, -0.15) is 0 Å². The quantitative estimate of drug-likeness (QED) is 0.137. The Hall–Kier alpha value is -4.27. The molecule has 4 rings (SSSR count). The third-order valence-corrected chi connectivity index (χ3v) is 8.81. The van der Waals surface area contributed by atoms with Crippen molar-refractivity contribution < 1.29 is 47.7 Å². The van der Waals surface area contributed by atoms with Crippen molar-refractivity contribution in [2.45, 2.75) is 77.4 Å². The van der Waals surface area contributed by atoms with E-state index in [0.717, 1.165) is 5.56 Å². The maximum absolute atomic E-state index is 13.7. The molecule has 4 unspecified atom stereocenters. The average molecular weight is 661 g/mol. The largest absolute Gasteiger partial charge is 0.493 e. The van der Waals surface area contributed by atoms with Crippen LogP contribution in [0.1, 0.15) is 65.1 Å². The summed E-state index contributed by atoms with van der Waals surface area (Å²) in [6.07, 6.45) is 0.420. The highest BCUT2D eigenvalue weighted by Gasteiger charge is 2.55.